The molecular weight excluding hydrogens is 232 g/mol. The first-order chi connectivity index (χ1) is 8.37. The highest BCUT2D eigenvalue weighted by Gasteiger charge is 2.37. The van der Waals surface area contributed by atoms with Crippen LogP contribution in [0.4, 0.5) is 4.79 Å². The lowest BCUT2D eigenvalue weighted by atomic mass is 9.76. The van der Waals surface area contributed by atoms with Crippen molar-refractivity contribution in [3.05, 3.63) is 0 Å². The first-order valence-electron chi connectivity index (χ1n) is 6.55. The Bertz CT molecular complexity index is 346. The van der Waals surface area contributed by atoms with E-state index < -0.39 is 5.60 Å². The smallest absolute Gasteiger partial charge is 0.410 e. The number of oxime groups is 1. The van der Waals surface area contributed by atoms with E-state index >= 15 is 0 Å². The molecule has 2 rings (SSSR count). The summed E-state index contributed by atoms with van der Waals surface area (Å²) < 4.78 is 5.30. The topological polar surface area (TPSA) is 62.1 Å². The third-order valence-corrected chi connectivity index (χ3v) is 3.47. The van der Waals surface area contributed by atoms with Crippen LogP contribution in [0.3, 0.4) is 0 Å². The van der Waals surface area contributed by atoms with Gasteiger partial charge >= 0.3 is 6.09 Å². The lowest BCUT2D eigenvalue weighted by Gasteiger charge is -2.42. The van der Waals surface area contributed by atoms with Crippen molar-refractivity contribution in [2.75, 3.05) is 13.1 Å². The molecule has 5 nitrogen and oxygen atoms in total. The summed E-state index contributed by atoms with van der Waals surface area (Å²) in [4.78, 5) is 13.5. The van der Waals surface area contributed by atoms with Crippen LogP contribution in [0.1, 0.15) is 40.0 Å². The quantitative estimate of drug-likeness (QED) is 0.608. The first kappa shape index (κ1) is 13.2. The maximum atomic E-state index is 11.7. The normalized spacial score (nSPS) is 24.3. The van der Waals surface area contributed by atoms with E-state index in [4.69, 9.17) is 9.94 Å². The summed E-state index contributed by atoms with van der Waals surface area (Å²) in [5.74, 6) is 1.23. The van der Waals surface area contributed by atoms with Gasteiger partial charge in [-0.05, 0) is 51.9 Å². The van der Waals surface area contributed by atoms with E-state index in [1.807, 2.05) is 20.8 Å². The van der Waals surface area contributed by atoms with Gasteiger partial charge in [0, 0.05) is 13.1 Å². The maximum Gasteiger partial charge on any atom is 0.410 e. The molecule has 102 valence electrons. The molecule has 1 saturated heterocycles. The maximum absolute atomic E-state index is 11.7. The fourth-order valence-electron chi connectivity index (χ4n) is 2.52. The van der Waals surface area contributed by atoms with E-state index in [1.165, 1.54) is 0 Å². The molecule has 0 unspecified atom stereocenters. The molecule has 2 fully saturated rings. The molecule has 0 radical (unpaired) electrons. The Morgan fingerprint density at radius 3 is 2.50 bits per heavy atom. The van der Waals surface area contributed by atoms with Crippen molar-refractivity contribution in [3.63, 3.8) is 0 Å². The van der Waals surface area contributed by atoms with Crippen LogP contribution in [0.25, 0.3) is 0 Å². The van der Waals surface area contributed by atoms with Gasteiger partial charge in [0.05, 0.1) is 5.71 Å². The van der Waals surface area contributed by atoms with Crippen LogP contribution >= 0.6 is 0 Å². The number of ether oxygens (including phenoxy) is 1. The Balaban J connectivity index is 1.64. The van der Waals surface area contributed by atoms with E-state index in [0.29, 0.717) is 11.8 Å². The van der Waals surface area contributed by atoms with Gasteiger partial charge in [0.1, 0.15) is 5.60 Å². The van der Waals surface area contributed by atoms with Gasteiger partial charge < -0.3 is 14.8 Å². The molecule has 1 saturated carbocycles. The van der Waals surface area contributed by atoms with Crippen molar-refractivity contribution in [2.45, 2.75) is 45.6 Å². The van der Waals surface area contributed by atoms with Crippen LogP contribution < -0.4 is 0 Å². The third kappa shape index (κ3) is 3.15. The number of hydrogen-bond acceptors (Lipinski definition) is 4. The minimum atomic E-state index is -0.414. The molecule has 1 heterocycles. The summed E-state index contributed by atoms with van der Waals surface area (Å²) in [7, 11) is 0. The molecular formula is C13H22N2O3. The second-order valence-electron chi connectivity index (χ2n) is 6.43. The number of rotatable bonds is 2. The Morgan fingerprint density at radius 1 is 1.39 bits per heavy atom. The van der Waals surface area contributed by atoms with Gasteiger partial charge in [0.25, 0.3) is 0 Å². The zero-order valence-electron chi connectivity index (χ0n) is 11.3. The summed E-state index contributed by atoms with van der Waals surface area (Å²) in [5, 5.41) is 11.8. The van der Waals surface area contributed by atoms with Gasteiger partial charge in [0.2, 0.25) is 0 Å². The number of amides is 1. The SMILES string of the molecule is CC(C)(C)OC(=O)N1CC(CC2CC(=NO)C2)C1. The molecule has 0 aromatic rings. The average Bonchev–Trinajstić information content (AvgIpc) is 2.09. The largest absolute Gasteiger partial charge is 0.444 e. The zero-order valence-corrected chi connectivity index (χ0v) is 11.3. The van der Waals surface area contributed by atoms with Gasteiger partial charge in [0.15, 0.2) is 0 Å². The summed E-state index contributed by atoms with van der Waals surface area (Å²) in [5.41, 5.74) is 0.492. The molecule has 0 aromatic heterocycles. The molecule has 1 N–H and O–H groups in total. The van der Waals surface area contributed by atoms with Crippen molar-refractivity contribution in [1.29, 1.82) is 0 Å². The number of likely N-dealkylation sites (tertiary alicyclic amines) is 1. The lowest BCUT2D eigenvalue weighted by molar-refractivity contribution is -0.00476. The predicted octanol–water partition coefficient (Wildman–Crippen LogP) is 2.48. The van der Waals surface area contributed by atoms with Gasteiger partial charge in [-0.25, -0.2) is 4.79 Å². The van der Waals surface area contributed by atoms with Crippen molar-refractivity contribution in [1.82, 2.24) is 4.90 Å². The minimum absolute atomic E-state index is 0.204. The second kappa shape index (κ2) is 4.78. The van der Waals surface area contributed by atoms with E-state index in [-0.39, 0.29) is 6.09 Å². The molecule has 1 aliphatic carbocycles. The summed E-state index contributed by atoms with van der Waals surface area (Å²) >= 11 is 0. The van der Waals surface area contributed by atoms with Crippen LogP contribution in [0.2, 0.25) is 0 Å². The van der Waals surface area contributed by atoms with E-state index in [1.54, 1.807) is 4.90 Å². The summed E-state index contributed by atoms with van der Waals surface area (Å²) in [6, 6.07) is 0. The zero-order chi connectivity index (χ0) is 13.3. The van der Waals surface area contributed by atoms with Gasteiger partial charge in [-0.15, -0.1) is 0 Å². The van der Waals surface area contributed by atoms with Crippen LogP contribution in [-0.2, 0) is 4.74 Å². The van der Waals surface area contributed by atoms with Crippen molar-refractivity contribution in [3.8, 4) is 0 Å². The van der Waals surface area contributed by atoms with Crippen LogP contribution in [-0.4, -0.2) is 40.6 Å². The number of carbonyl (C=O) groups excluding carboxylic acids is 1. The third-order valence-electron chi connectivity index (χ3n) is 3.47. The summed E-state index contributed by atoms with van der Waals surface area (Å²) in [6.45, 7) is 7.25. The fraction of sp³-hybridized carbons (Fsp3) is 0.846. The fourth-order valence-corrected chi connectivity index (χ4v) is 2.52. The van der Waals surface area contributed by atoms with E-state index in [0.717, 1.165) is 38.1 Å². The van der Waals surface area contributed by atoms with Crippen LogP contribution in [0.15, 0.2) is 5.16 Å². The molecule has 0 bridgehead atoms. The number of nitrogens with zero attached hydrogens (tertiary/aromatic N) is 2. The van der Waals surface area contributed by atoms with Gasteiger partial charge in [-0.1, -0.05) is 5.16 Å². The number of carbonyl (C=O) groups is 1. The molecule has 0 atom stereocenters. The van der Waals surface area contributed by atoms with E-state index in [2.05, 4.69) is 5.16 Å². The van der Waals surface area contributed by atoms with Crippen molar-refractivity contribution < 1.29 is 14.7 Å². The number of hydrogen-bond donors (Lipinski definition) is 1. The van der Waals surface area contributed by atoms with Gasteiger partial charge in [-0.3, -0.25) is 0 Å². The molecule has 1 aliphatic heterocycles. The van der Waals surface area contributed by atoms with E-state index in [9.17, 15) is 4.79 Å². The standard InChI is InChI=1S/C13H22N2O3/c1-13(2,3)18-12(16)15-7-10(8-15)4-9-5-11(6-9)14-17/h9-10,17H,4-8H2,1-3H3. The highest BCUT2D eigenvalue weighted by Crippen LogP contribution is 2.34. The minimum Gasteiger partial charge on any atom is -0.444 e. The van der Waals surface area contributed by atoms with Gasteiger partial charge in [-0.2, -0.15) is 0 Å². The molecule has 2 aliphatic rings. The van der Waals surface area contributed by atoms with Crippen LogP contribution in [0.5, 0.6) is 0 Å². The van der Waals surface area contributed by atoms with Crippen LogP contribution in [0, 0.1) is 11.8 Å². The average molecular weight is 254 g/mol. The van der Waals surface area contributed by atoms with Crippen molar-refractivity contribution in [2.24, 2.45) is 17.0 Å². The Morgan fingerprint density at radius 2 is 2.00 bits per heavy atom. The Kier molecular flexibility index (Phi) is 3.50. The predicted molar refractivity (Wildman–Crippen MR) is 67.9 cm³/mol. The Hall–Kier alpha value is -1.26. The monoisotopic (exact) mass is 254 g/mol. The molecule has 0 aromatic carbocycles. The highest BCUT2D eigenvalue weighted by atomic mass is 16.6. The lowest BCUT2D eigenvalue weighted by Crippen LogP contribution is -2.52. The second-order valence-corrected chi connectivity index (χ2v) is 6.43. The molecule has 5 heteroatoms. The highest BCUT2D eigenvalue weighted by molar-refractivity contribution is 5.89. The molecule has 1 amide bonds. The molecule has 0 spiro atoms. The molecule has 18 heavy (non-hydrogen) atoms. The summed E-state index contributed by atoms with van der Waals surface area (Å²) in [6.07, 6.45) is 2.75. The first-order valence-corrected chi connectivity index (χ1v) is 6.55. The Labute approximate surface area is 108 Å². The van der Waals surface area contributed by atoms with Crippen molar-refractivity contribution >= 4 is 11.8 Å².